The fourth-order valence-electron chi connectivity index (χ4n) is 3.16. The van der Waals surface area contributed by atoms with Crippen LogP contribution in [0.2, 0.25) is 0 Å². The summed E-state index contributed by atoms with van der Waals surface area (Å²) < 4.78 is 26.3. The largest absolute Gasteiger partial charge is 0.346 e. The molecule has 0 spiro atoms. The standard InChI is InChI=1S/C19H18N2O4S/c1-12(13-5-3-2-4-6-13)20-18(22)14-7-10-16-17(11-14)26(24,25)21(19(16)23)15-8-9-15/h2-7,10-12,15H,8-9H2,1H3,(H,20,22). The third-order valence-electron chi connectivity index (χ3n) is 4.74. The molecule has 2 aromatic rings. The first kappa shape index (κ1) is 16.8. The van der Waals surface area contributed by atoms with E-state index in [4.69, 9.17) is 0 Å². The van der Waals surface area contributed by atoms with Gasteiger partial charge < -0.3 is 5.32 Å². The minimum atomic E-state index is -3.87. The van der Waals surface area contributed by atoms with Crippen molar-refractivity contribution in [2.75, 3.05) is 0 Å². The van der Waals surface area contributed by atoms with Gasteiger partial charge in [-0.1, -0.05) is 30.3 Å². The second-order valence-electron chi connectivity index (χ2n) is 6.65. The molecule has 0 saturated heterocycles. The van der Waals surface area contributed by atoms with Gasteiger partial charge in [-0.15, -0.1) is 0 Å². The van der Waals surface area contributed by atoms with E-state index in [9.17, 15) is 18.0 Å². The molecule has 1 N–H and O–H groups in total. The Hall–Kier alpha value is -2.67. The first-order valence-electron chi connectivity index (χ1n) is 8.48. The quantitative estimate of drug-likeness (QED) is 0.896. The Kier molecular flexibility index (Phi) is 3.84. The molecule has 1 heterocycles. The van der Waals surface area contributed by atoms with Crippen LogP contribution in [0.15, 0.2) is 53.4 Å². The molecule has 0 bridgehead atoms. The van der Waals surface area contributed by atoms with Crippen molar-refractivity contribution in [3.8, 4) is 0 Å². The highest BCUT2D eigenvalue weighted by Crippen LogP contribution is 2.39. The molecule has 1 saturated carbocycles. The molecule has 2 aromatic carbocycles. The lowest BCUT2D eigenvalue weighted by Crippen LogP contribution is -2.32. The van der Waals surface area contributed by atoms with Gasteiger partial charge in [0, 0.05) is 11.6 Å². The molecule has 1 fully saturated rings. The summed E-state index contributed by atoms with van der Waals surface area (Å²) in [6, 6.07) is 13.2. The van der Waals surface area contributed by atoms with Crippen LogP contribution in [0.25, 0.3) is 0 Å². The van der Waals surface area contributed by atoms with Crippen LogP contribution in [-0.2, 0) is 10.0 Å². The highest BCUT2D eigenvalue weighted by molar-refractivity contribution is 7.90. The lowest BCUT2D eigenvalue weighted by Gasteiger charge is -2.14. The topological polar surface area (TPSA) is 83.6 Å². The number of hydrogen-bond donors (Lipinski definition) is 1. The number of carbonyl (C=O) groups is 2. The fourth-order valence-corrected chi connectivity index (χ4v) is 5.00. The molecule has 1 unspecified atom stereocenters. The van der Waals surface area contributed by atoms with Crippen molar-refractivity contribution in [1.82, 2.24) is 9.62 Å². The Labute approximate surface area is 151 Å². The highest BCUT2D eigenvalue weighted by atomic mass is 32.2. The Bertz CT molecular complexity index is 997. The molecule has 0 radical (unpaired) electrons. The Morgan fingerprint density at radius 2 is 1.85 bits per heavy atom. The third kappa shape index (κ3) is 2.68. The normalized spacial score (nSPS) is 19.1. The molecule has 134 valence electrons. The number of fused-ring (bicyclic) bond motifs is 1. The van der Waals surface area contributed by atoms with Crippen molar-refractivity contribution < 1.29 is 18.0 Å². The summed E-state index contributed by atoms with van der Waals surface area (Å²) in [7, 11) is -3.87. The van der Waals surface area contributed by atoms with Crippen LogP contribution in [0.5, 0.6) is 0 Å². The molecule has 1 aliphatic carbocycles. The first-order valence-corrected chi connectivity index (χ1v) is 9.92. The van der Waals surface area contributed by atoms with Gasteiger partial charge in [0.05, 0.1) is 11.6 Å². The predicted molar refractivity (Wildman–Crippen MR) is 95.1 cm³/mol. The number of rotatable bonds is 4. The Balaban J connectivity index is 1.61. The molecule has 4 rings (SSSR count). The lowest BCUT2D eigenvalue weighted by molar-refractivity contribution is 0.0863. The van der Waals surface area contributed by atoms with Gasteiger partial charge in [-0.05, 0) is 43.5 Å². The minimum Gasteiger partial charge on any atom is -0.346 e. The summed E-state index contributed by atoms with van der Waals surface area (Å²) in [5.74, 6) is -0.871. The summed E-state index contributed by atoms with van der Waals surface area (Å²) in [4.78, 5) is 24.9. The number of carbonyl (C=O) groups excluding carboxylic acids is 2. The van der Waals surface area contributed by atoms with E-state index in [1.165, 1.54) is 18.2 Å². The van der Waals surface area contributed by atoms with Crippen LogP contribution in [0.1, 0.15) is 52.1 Å². The van der Waals surface area contributed by atoms with Gasteiger partial charge in [0.15, 0.2) is 0 Å². The van der Waals surface area contributed by atoms with E-state index in [-0.39, 0.29) is 34.0 Å². The van der Waals surface area contributed by atoms with Crippen molar-refractivity contribution >= 4 is 21.8 Å². The smallest absolute Gasteiger partial charge is 0.269 e. The predicted octanol–water partition coefficient (Wildman–Crippen LogP) is 2.48. The zero-order valence-corrected chi connectivity index (χ0v) is 15.0. The number of amides is 2. The molecular formula is C19H18N2O4S. The molecule has 6 nitrogen and oxygen atoms in total. The average molecular weight is 370 g/mol. The van der Waals surface area contributed by atoms with E-state index in [1.807, 2.05) is 37.3 Å². The minimum absolute atomic E-state index is 0.0746. The molecule has 1 aliphatic heterocycles. The lowest BCUT2D eigenvalue weighted by atomic mass is 10.1. The average Bonchev–Trinajstić information content (AvgIpc) is 3.43. The molecular weight excluding hydrogens is 352 g/mol. The fraction of sp³-hybridized carbons (Fsp3) is 0.263. The molecule has 0 aromatic heterocycles. The molecule has 2 aliphatic rings. The van der Waals surface area contributed by atoms with Crippen LogP contribution in [-0.4, -0.2) is 30.6 Å². The van der Waals surface area contributed by atoms with Gasteiger partial charge >= 0.3 is 0 Å². The van der Waals surface area contributed by atoms with Crippen LogP contribution >= 0.6 is 0 Å². The van der Waals surface area contributed by atoms with E-state index in [1.54, 1.807) is 0 Å². The van der Waals surface area contributed by atoms with Gasteiger partial charge in [0.1, 0.15) is 4.90 Å². The van der Waals surface area contributed by atoms with Crippen LogP contribution < -0.4 is 5.32 Å². The summed E-state index contributed by atoms with van der Waals surface area (Å²) in [5.41, 5.74) is 1.31. The first-order chi connectivity index (χ1) is 12.4. The maximum Gasteiger partial charge on any atom is 0.269 e. The zero-order chi connectivity index (χ0) is 18.5. The van der Waals surface area contributed by atoms with E-state index in [0.29, 0.717) is 12.8 Å². The van der Waals surface area contributed by atoms with Crippen molar-refractivity contribution in [3.05, 3.63) is 65.2 Å². The van der Waals surface area contributed by atoms with Crippen LogP contribution in [0, 0.1) is 0 Å². The van der Waals surface area contributed by atoms with Gasteiger partial charge in [0.2, 0.25) is 0 Å². The van der Waals surface area contributed by atoms with Crippen molar-refractivity contribution in [2.45, 2.75) is 36.7 Å². The zero-order valence-electron chi connectivity index (χ0n) is 14.2. The van der Waals surface area contributed by atoms with Gasteiger partial charge in [-0.3, -0.25) is 9.59 Å². The Morgan fingerprint density at radius 1 is 1.15 bits per heavy atom. The third-order valence-corrected chi connectivity index (χ3v) is 6.61. The molecule has 26 heavy (non-hydrogen) atoms. The SMILES string of the molecule is CC(NC(=O)c1ccc2c(c1)S(=O)(=O)N(C1CC1)C2=O)c1ccccc1. The van der Waals surface area contributed by atoms with E-state index >= 15 is 0 Å². The maximum absolute atomic E-state index is 12.7. The number of benzene rings is 2. The summed E-state index contributed by atoms with van der Waals surface area (Å²) in [5, 5.41) is 2.86. The maximum atomic E-state index is 12.7. The van der Waals surface area contributed by atoms with E-state index < -0.39 is 15.9 Å². The van der Waals surface area contributed by atoms with Crippen molar-refractivity contribution in [1.29, 1.82) is 0 Å². The second-order valence-corrected chi connectivity index (χ2v) is 8.44. The summed E-state index contributed by atoms with van der Waals surface area (Å²) >= 11 is 0. The molecule has 1 atom stereocenters. The number of hydrogen-bond acceptors (Lipinski definition) is 4. The van der Waals surface area contributed by atoms with E-state index in [0.717, 1.165) is 9.87 Å². The summed E-state index contributed by atoms with van der Waals surface area (Å²) in [6.07, 6.45) is 1.39. The number of nitrogens with zero attached hydrogens (tertiary/aromatic N) is 1. The van der Waals surface area contributed by atoms with E-state index in [2.05, 4.69) is 5.32 Å². The van der Waals surface area contributed by atoms with Crippen LogP contribution in [0.4, 0.5) is 0 Å². The van der Waals surface area contributed by atoms with Crippen LogP contribution in [0.3, 0.4) is 0 Å². The second kappa shape index (κ2) is 5.95. The summed E-state index contributed by atoms with van der Waals surface area (Å²) in [6.45, 7) is 1.86. The Morgan fingerprint density at radius 3 is 2.50 bits per heavy atom. The van der Waals surface area contributed by atoms with Gasteiger partial charge in [-0.2, -0.15) is 0 Å². The molecule has 7 heteroatoms. The molecule has 2 amide bonds. The van der Waals surface area contributed by atoms with Crippen molar-refractivity contribution in [2.24, 2.45) is 0 Å². The number of nitrogens with one attached hydrogen (secondary N) is 1. The number of sulfonamides is 1. The van der Waals surface area contributed by atoms with Gasteiger partial charge in [-0.25, -0.2) is 12.7 Å². The monoisotopic (exact) mass is 370 g/mol. The highest BCUT2D eigenvalue weighted by Gasteiger charge is 2.48. The van der Waals surface area contributed by atoms with Gasteiger partial charge in [0.25, 0.3) is 21.8 Å². The van der Waals surface area contributed by atoms with Crippen molar-refractivity contribution in [3.63, 3.8) is 0 Å².